The second-order valence-electron chi connectivity index (χ2n) is 5.64. The quantitative estimate of drug-likeness (QED) is 0.773. The van der Waals surface area contributed by atoms with Crippen LogP contribution in [0.25, 0.3) is 11.1 Å². The molecule has 0 aromatic heterocycles. The lowest BCUT2D eigenvalue weighted by Crippen LogP contribution is -2.15. The molecule has 116 valence electrons. The average Bonchev–Trinajstić information content (AvgIpc) is 2.61. The third-order valence-corrected chi connectivity index (χ3v) is 4.24. The summed E-state index contributed by atoms with van der Waals surface area (Å²) in [4.78, 5) is 24.3. The van der Waals surface area contributed by atoms with E-state index < -0.39 is 11.6 Å². The van der Waals surface area contributed by atoms with Crippen molar-refractivity contribution < 1.29 is 19.8 Å². The average molecular weight is 316 g/mol. The molecule has 2 aliphatic carbocycles. The number of rotatable bonds is 0. The summed E-state index contributed by atoms with van der Waals surface area (Å²) in [5.74, 6) is -1.61. The predicted octanol–water partition coefficient (Wildman–Crippen LogP) is 3.87. The first kappa shape index (κ1) is 14.2. The van der Waals surface area contributed by atoms with E-state index in [2.05, 4.69) is 0 Å². The lowest BCUT2D eigenvalue weighted by atomic mass is 9.82. The first-order chi connectivity index (χ1) is 11.6. The number of hydrogen-bond acceptors (Lipinski definition) is 4. The van der Waals surface area contributed by atoms with Crippen LogP contribution in [-0.4, -0.2) is 21.8 Å². The van der Waals surface area contributed by atoms with Crippen LogP contribution in [0.5, 0.6) is 0 Å². The summed E-state index contributed by atoms with van der Waals surface area (Å²) in [5, 5.41) is 20.0. The number of Topliss-reactive ketones (excluding diaryl/α,β-unsaturated/α-hetero) is 2. The van der Waals surface area contributed by atoms with Crippen LogP contribution in [0.4, 0.5) is 0 Å². The number of allylic oxidation sites excluding steroid dienone is 6. The maximum absolute atomic E-state index is 12.1. The zero-order valence-electron chi connectivity index (χ0n) is 12.5. The third-order valence-electron chi connectivity index (χ3n) is 4.24. The van der Waals surface area contributed by atoms with Crippen LogP contribution >= 0.6 is 0 Å². The first-order valence-electron chi connectivity index (χ1n) is 7.41. The molecule has 0 fully saturated rings. The van der Waals surface area contributed by atoms with E-state index in [1.165, 1.54) is 12.2 Å². The molecule has 0 atom stereocenters. The minimum absolute atomic E-state index is 0.363. The van der Waals surface area contributed by atoms with E-state index in [1.54, 1.807) is 48.5 Å². The molecular weight excluding hydrogens is 304 g/mol. The maximum atomic E-state index is 12.1. The number of ketones is 2. The van der Waals surface area contributed by atoms with Crippen LogP contribution in [-0.2, 0) is 0 Å². The smallest absolute Gasteiger partial charge is 0.227 e. The Bertz CT molecular complexity index is 924. The highest BCUT2D eigenvalue weighted by atomic mass is 16.3. The molecule has 0 radical (unpaired) electrons. The van der Waals surface area contributed by atoms with E-state index >= 15 is 0 Å². The SMILES string of the molecule is O=C1C(O)=C/C(=C2/C=C(O)C(=O)c3ccccc32)c2ccccc21. The topological polar surface area (TPSA) is 74.6 Å². The van der Waals surface area contributed by atoms with Crippen molar-refractivity contribution in [1.29, 1.82) is 0 Å². The number of benzene rings is 2. The Balaban J connectivity index is 2.10. The molecule has 24 heavy (non-hydrogen) atoms. The standard InChI is InChI=1S/C20H12O4/c21-17-9-15(11-5-1-3-7-13(11)19(17)23)16-10-18(22)20(24)14-8-4-2-6-12(14)16/h1-10,21-22H/b16-15+. The molecule has 2 aromatic rings. The van der Waals surface area contributed by atoms with Crippen LogP contribution in [0, 0.1) is 0 Å². The van der Waals surface area contributed by atoms with Crippen molar-refractivity contribution in [2.45, 2.75) is 0 Å². The third kappa shape index (κ3) is 1.93. The Hall–Kier alpha value is -3.40. The van der Waals surface area contributed by atoms with Crippen LogP contribution in [0.2, 0.25) is 0 Å². The number of fused-ring (bicyclic) bond motifs is 2. The predicted molar refractivity (Wildman–Crippen MR) is 89.8 cm³/mol. The lowest BCUT2D eigenvalue weighted by molar-refractivity contribution is 0.0969. The van der Waals surface area contributed by atoms with Gasteiger partial charge in [0.15, 0.2) is 11.5 Å². The number of carbonyl (C=O) groups is 2. The van der Waals surface area contributed by atoms with Gasteiger partial charge in [-0.05, 0) is 34.4 Å². The van der Waals surface area contributed by atoms with E-state index in [9.17, 15) is 19.8 Å². The number of aliphatic hydroxyl groups excluding tert-OH is 2. The fourth-order valence-corrected chi connectivity index (χ4v) is 3.11. The van der Waals surface area contributed by atoms with Gasteiger partial charge in [-0.2, -0.15) is 0 Å². The Morgan fingerprint density at radius 2 is 0.875 bits per heavy atom. The Kier molecular flexibility index (Phi) is 3.00. The second-order valence-corrected chi connectivity index (χ2v) is 5.64. The summed E-state index contributed by atoms with van der Waals surface area (Å²) in [6, 6.07) is 13.9. The molecule has 4 rings (SSSR count). The fourth-order valence-electron chi connectivity index (χ4n) is 3.11. The van der Waals surface area contributed by atoms with E-state index in [4.69, 9.17) is 0 Å². The van der Waals surface area contributed by atoms with Gasteiger partial charge in [0.05, 0.1) is 0 Å². The summed E-state index contributed by atoms with van der Waals surface area (Å²) >= 11 is 0. The van der Waals surface area contributed by atoms with Crippen molar-refractivity contribution in [3.05, 3.63) is 94.5 Å². The van der Waals surface area contributed by atoms with Gasteiger partial charge >= 0.3 is 0 Å². The zero-order valence-corrected chi connectivity index (χ0v) is 12.5. The van der Waals surface area contributed by atoms with E-state index in [-0.39, 0.29) is 11.5 Å². The second kappa shape index (κ2) is 5.06. The molecule has 2 aromatic carbocycles. The molecule has 0 amide bonds. The molecule has 2 aliphatic rings. The van der Waals surface area contributed by atoms with Crippen molar-refractivity contribution in [3.63, 3.8) is 0 Å². The molecule has 0 saturated carbocycles. The van der Waals surface area contributed by atoms with Gasteiger partial charge in [-0.3, -0.25) is 9.59 Å². The summed E-state index contributed by atoms with van der Waals surface area (Å²) in [6.07, 6.45) is 2.77. The van der Waals surface area contributed by atoms with Gasteiger partial charge in [-0.25, -0.2) is 0 Å². The van der Waals surface area contributed by atoms with Gasteiger partial charge in [0.1, 0.15) is 0 Å². The van der Waals surface area contributed by atoms with Crippen molar-refractivity contribution in [2.24, 2.45) is 0 Å². The van der Waals surface area contributed by atoms with Crippen molar-refractivity contribution in [1.82, 2.24) is 0 Å². The summed E-state index contributed by atoms with van der Waals surface area (Å²) < 4.78 is 0. The minimum atomic E-state index is -0.441. The van der Waals surface area contributed by atoms with E-state index in [0.717, 1.165) is 0 Å². The molecule has 0 bridgehead atoms. The Morgan fingerprint density at radius 3 is 1.25 bits per heavy atom. The van der Waals surface area contributed by atoms with Gasteiger partial charge < -0.3 is 10.2 Å². The first-order valence-corrected chi connectivity index (χ1v) is 7.41. The normalized spacial score (nSPS) is 19.3. The summed E-state index contributed by atoms with van der Waals surface area (Å²) in [5.41, 5.74) is 3.28. The fraction of sp³-hybridized carbons (Fsp3) is 0. The lowest BCUT2D eigenvalue weighted by Gasteiger charge is -2.21. The van der Waals surface area contributed by atoms with Gasteiger partial charge in [0.25, 0.3) is 0 Å². The minimum Gasteiger partial charge on any atom is -0.504 e. The van der Waals surface area contributed by atoms with Gasteiger partial charge in [-0.1, -0.05) is 48.5 Å². The molecular formula is C20H12O4. The van der Waals surface area contributed by atoms with Crippen LogP contribution in [0.1, 0.15) is 31.8 Å². The molecule has 0 saturated heterocycles. The number of hydrogen-bond donors (Lipinski definition) is 2. The van der Waals surface area contributed by atoms with Crippen LogP contribution in [0.15, 0.2) is 72.2 Å². The molecule has 4 nitrogen and oxygen atoms in total. The highest BCUT2D eigenvalue weighted by Crippen LogP contribution is 2.38. The van der Waals surface area contributed by atoms with Gasteiger partial charge in [0.2, 0.25) is 11.6 Å². The highest BCUT2D eigenvalue weighted by molar-refractivity contribution is 6.22. The van der Waals surface area contributed by atoms with Gasteiger partial charge in [-0.15, -0.1) is 0 Å². The summed E-state index contributed by atoms with van der Waals surface area (Å²) in [7, 11) is 0. The molecule has 2 N–H and O–H groups in total. The zero-order chi connectivity index (χ0) is 16.8. The molecule has 0 aliphatic heterocycles. The maximum Gasteiger partial charge on any atom is 0.227 e. The van der Waals surface area contributed by atoms with Gasteiger partial charge in [0, 0.05) is 11.1 Å². The summed E-state index contributed by atoms with van der Waals surface area (Å²) in [6.45, 7) is 0. The van der Waals surface area contributed by atoms with E-state index in [1.807, 2.05) is 0 Å². The number of carbonyl (C=O) groups excluding carboxylic acids is 2. The Labute approximate surface area is 137 Å². The van der Waals surface area contributed by atoms with Crippen molar-refractivity contribution >= 4 is 22.7 Å². The largest absolute Gasteiger partial charge is 0.504 e. The number of aliphatic hydroxyl groups is 2. The molecule has 4 heteroatoms. The Morgan fingerprint density at radius 1 is 0.542 bits per heavy atom. The van der Waals surface area contributed by atoms with E-state index in [0.29, 0.717) is 33.4 Å². The van der Waals surface area contributed by atoms with Crippen LogP contribution < -0.4 is 0 Å². The molecule has 0 unspecified atom stereocenters. The monoisotopic (exact) mass is 316 g/mol. The van der Waals surface area contributed by atoms with Crippen molar-refractivity contribution in [2.75, 3.05) is 0 Å². The van der Waals surface area contributed by atoms with Crippen molar-refractivity contribution in [3.8, 4) is 0 Å². The highest BCUT2D eigenvalue weighted by Gasteiger charge is 2.28. The molecule has 0 heterocycles. The van der Waals surface area contributed by atoms with Crippen LogP contribution in [0.3, 0.4) is 0 Å². The molecule has 0 spiro atoms.